The Morgan fingerprint density at radius 1 is 1.29 bits per heavy atom. The van der Waals surface area contributed by atoms with Crippen LogP contribution in [-0.4, -0.2) is 34.1 Å². The summed E-state index contributed by atoms with van der Waals surface area (Å²) in [6.07, 6.45) is 5.31. The molecule has 0 aliphatic carbocycles. The Bertz CT molecular complexity index is 768. The normalized spacial score (nSPS) is 10.5. The van der Waals surface area contributed by atoms with Crippen LogP contribution in [0.4, 0.5) is 0 Å². The van der Waals surface area contributed by atoms with E-state index in [-0.39, 0.29) is 12.5 Å². The number of nitrogens with one attached hydrogen (secondary N) is 1. The van der Waals surface area contributed by atoms with E-state index < -0.39 is 0 Å². The molecule has 1 aromatic carbocycles. The third-order valence-electron chi connectivity index (χ3n) is 3.08. The zero-order valence-electron chi connectivity index (χ0n) is 11.5. The van der Waals surface area contributed by atoms with E-state index in [9.17, 15) is 4.79 Å². The first-order chi connectivity index (χ1) is 10.3. The van der Waals surface area contributed by atoms with Gasteiger partial charge >= 0.3 is 0 Å². The van der Waals surface area contributed by atoms with Crippen LogP contribution in [0.2, 0.25) is 0 Å². The first-order valence-electron chi connectivity index (χ1n) is 6.50. The first kappa shape index (κ1) is 13.1. The molecule has 106 valence electrons. The monoisotopic (exact) mass is 282 g/mol. The highest BCUT2D eigenvalue weighted by atomic mass is 16.5. The maximum absolute atomic E-state index is 11.2. The third-order valence-corrected chi connectivity index (χ3v) is 3.08. The van der Waals surface area contributed by atoms with Gasteiger partial charge in [0.25, 0.3) is 5.91 Å². The molecular weight excluding hydrogens is 268 g/mol. The van der Waals surface area contributed by atoms with E-state index in [2.05, 4.69) is 15.3 Å². The Hall–Kier alpha value is -2.89. The van der Waals surface area contributed by atoms with Gasteiger partial charge < -0.3 is 10.1 Å². The largest absolute Gasteiger partial charge is 0.484 e. The van der Waals surface area contributed by atoms with Crippen molar-refractivity contribution < 1.29 is 9.53 Å². The van der Waals surface area contributed by atoms with Crippen LogP contribution in [0.1, 0.15) is 0 Å². The minimum Gasteiger partial charge on any atom is -0.484 e. The van der Waals surface area contributed by atoms with Crippen LogP contribution < -0.4 is 10.1 Å². The van der Waals surface area contributed by atoms with Crippen molar-refractivity contribution in [3.63, 3.8) is 0 Å². The Balaban J connectivity index is 1.89. The van der Waals surface area contributed by atoms with E-state index in [1.807, 2.05) is 35.0 Å². The summed E-state index contributed by atoms with van der Waals surface area (Å²) in [5.74, 6) is 1.11. The summed E-state index contributed by atoms with van der Waals surface area (Å²) in [6, 6.07) is 9.37. The zero-order chi connectivity index (χ0) is 14.7. The molecular formula is C15H14N4O2. The fourth-order valence-electron chi connectivity index (χ4n) is 2.02. The van der Waals surface area contributed by atoms with Crippen LogP contribution in [-0.2, 0) is 4.79 Å². The summed E-state index contributed by atoms with van der Waals surface area (Å²) >= 11 is 0. The number of aromatic nitrogens is 3. The molecule has 2 heterocycles. The molecule has 6 heteroatoms. The SMILES string of the molecule is CNC(=O)COc1ccc2c(ccn2-c2ncccn2)c1. The molecule has 0 unspecified atom stereocenters. The molecule has 0 aliphatic rings. The first-order valence-corrected chi connectivity index (χ1v) is 6.50. The number of hydrogen-bond donors (Lipinski definition) is 1. The molecule has 0 bridgehead atoms. The van der Waals surface area contributed by atoms with Gasteiger partial charge in [0.05, 0.1) is 5.52 Å². The van der Waals surface area contributed by atoms with Gasteiger partial charge in [0.15, 0.2) is 6.61 Å². The molecule has 0 saturated heterocycles. The van der Waals surface area contributed by atoms with Gasteiger partial charge in [0.1, 0.15) is 5.75 Å². The number of likely N-dealkylation sites (N-methyl/N-ethyl adjacent to an activating group) is 1. The molecule has 6 nitrogen and oxygen atoms in total. The fraction of sp³-hybridized carbons (Fsp3) is 0.133. The van der Waals surface area contributed by atoms with Gasteiger partial charge in [-0.1, -0.05) is 0 Å². The van der Waals surface area contributed by atoms with Gasteiger partial charge in [-0.25, -0.2) is 9.97 Å². The van der Waals surface area contributed by atoms with Crippen LogP contribution in [0.3, 0.4) is 0 Å². The standard InChI is InChI=1S/C15H14N4O2/c1-16-14(20)10-21-12-3-4-13-11(9-12)5-8-19(13)15-17-6-2-7-18-15/h2-9H,10H2,1H3,(H,16,20). The average molecular weight is 282 g/mol. The quantitative estimate of drug-likeness (QED) is 0.788. The topological polar surface area (TPSA) is 69.0 Å². The predicted octanol–water partition coefficient (Wildman–Crippen LogP) is 1.55. The van der Waals surface area contributed by atoms with Gasteiger partial charge in [0, 0.05) is 31.0 Å². The molecule has 2 aromatic heterocycles. The molecule has 0 fully saturated rings. The molecule has 21 heavy (non-hydrogen) atoms. The summed E-state index contributed by atoms with van der Waals surface area (Å²) in [5, 5.41) is 3.51. The molecule has 3 aromatic rings. The van der Waals surface area contributed by atoms with E-state index in [0.717, 1.165) is 10.9 Å². The Labute approximate surface area is 121 Å². The smallest absolute Gasteiger partial charge is 0.257 e. The van der Waals surface area contributed by atoms with Crippen molar-refractivity contribution in [2.24, 2.45) is 0 Å². The number of nitrogens with zero attached hydrogens (tertiary/aromatic N) is 3. The number of amides is 1. The number of carbonyl (C=O) groups excluding carboxylic acids is 1. The lowest BCUT2D eigenvalue weighted by Gasteiger charge is -2.06. The van der Waals surface area contributed by atoms with E-state index in [1.54, 1.807) is 25.5 Å². The van der Waals surface area contributed by atoms with Crippen molar-refractivity contribution in [2.75, 3.05) is 13.7 Å². The van der Waals surface area contributed by atoms with Gasteiger partial charge in [-0.05, 0) is 30.3 Å². The number of fused-ring (bicyclic) bond motifs is 1. The van der Waals surface area contributed by atoms with Crippen LogP contribution in [0.15, 0.2) is 48.9 Å². The second kappa shape index (κ2) is 5.62. The lowest BCUT2D eigenvalue weighted by molar-refractivity contribution is -0.122. The molecule has 3 rings (SSSR count). The predicted molar refractivity (Wildman–Crippen MR) is 78.4 cm³/mol. The summed E-state index contributed by atoms with van der Waals surface area (Å²) in [6.45, 7) is 0.00448. The van der Waals surface area contributed by atoms with Crippen molar-refractivity contribution in [3.8, 4) is 11.7 Å². The number of hydrogen-bond acceptors (Lipinski definition) is 4. The second-order valence-electron chi connectivity index (χ2n) is 4.42. The summed E-state index contributed by atoms with van der Waals surface area (Å²) in [5.41, 5.74) is 0.980. The molecule has 0 aliphatic heterocycles. The average Bonchev–Trinajstić information content (AvgIpc) is 2.96. The second-order valence-corrected chi connectivity index (χ2v) is 4.42. The van der Waals surface area contributed by atoms with Crippen LogP contribution in [0.5, 0.6) is 5.75 Å². The number of benzene rings is 1. The van der Waals surface area contributed by atoms with Gasteiger partial charge in [-0.2, -0.15) is 0 Å². The lowest BCUT2D eigenvalue weighted by Crippen LogP contribution is -2.24. The highest BCUT2D eigenvalue weighted by Gasteiger charge is 2.07. The Morgan fingerprint density at radius 3 is 2.86 bits per heavy atom. The third kappa shape index (κ3) is 2.69. The number of carbonyl (C=O) groups is 1. The molecule has 0 radical (unpaired) electrons. The minimum absolute atomic E-state index is 0.00448. The number of rotatable bonds is 4. The van der Waals surface area contributed by atoms with E-state index in [1.165, 1.54) is 0 Å². The fourth-order valence-corrected chi connectivity index (χ4v) is 2.02. The van der Waals surface area contributed by atoms with E-state index in [4.69, 9.17) is 4.74 Å². The number of ether oxygens (including phenoxy) is 1. The highest BCUT2D eigenvalue weighted by Crippen LogP contribution is 2.23. The van der Waals surface area contributed by atoms with Crippen LogP contribution >= 0.6 is 0 Å². The zero-order valence-corrected chi connectivity index (χ0v) is 11.5. The van der Waals surface area contributed by atoms with Crippen molar-refractivity contribution in [1.29, 1.82) is 0 Å². The van der Waals surface area contributed by atoms with Crippen molar-refractivity contribution >= 4 is 16.8 Å². The van der Waals surface area contributed by atoms with Crippen LogP contribution in [0, 0.1) is 0 Å². The van der Waals surface area contributed by atoms with Crippen molar-refractivity contribution in [3.05, 3.63) is 48.9 Å². The summed E-state index contributed by atoms with van der Waals surface area (Å²) in [4.78, 5) is 19.6. The summed E-state index contributed by atoms with van der Waals surface area (Å²) < 4.78 is 7.33. The Kier molecular flexibility index (Phi) is 3.51. The van der Waals surface area contributed by atoms with E-state index in [0.29, 0.717) is 11.7 Å². The maximum atomic E-state index is 11.2. The lowest BCUT2D eigenvalue weighted by atomic mass is 10.2. The molecule has 1 N–H and O–H groups in total. The maximum Gasteiger partial charge on any atom is 0.257 e. The van der Waals surface area contributed by atoms with Crippen molar-refractivity contribution in [2.45, 2.75) is 0 Å². The minimum atomic E-state index is -0.162. The Morgan fingerprint density at radius 2 is 2.10 bits per heavy atom. The summed E-state index contributed by atoms with van der Waals surface area (Å²) in [7, 11) is 1.58. The highest BCUT2D eigenvalue weighted by molar-refractivity contribution is 5.83. The molecule has 1 amide bonds. The molecule has 0 spiro atoms. The molecule has 0 atom stereocenters. The van der Waals surface area contributed by atoms with Crippen molar-refractivity contribution in [1.82, 2.24) is 19.9 Å². The van der Waals surface area contributed by atoms with Gasteiger partial charge in [-0.15, -0.1) is 0 Å². The van der Waals surface area contributed by atoms with Gasteiger partial charge in [-0.3, -0.25) is 9.36 Å². The van der Waals surface area contributed by atoms with E-state index >= 15 is 0 Å². The van der Waals surface area contributed by atoms with Crippen LogP contribution in [0.25, 0.3) is 16.9 Å². The van der Waals surface area contributed by atoms with Gasteiger partial charge in [0.2, 0.25) is 5.95 Å². The molecule has 0 saturated carbocycles.